The summed E-state index contributed by atoms with van der Waals surface area (Å²) < 4.78 is 3.51. The first-order chi connectivity index (χ1) is 10.1. The SMILES string of the molecule is Cn1cc(-n2c(SCC(=O)O)nnc2-c2cccs2)cn1. The molecule has 21 heavy (non-hydrogen) atoms. The molecule has 3 aromatic rings. The van der Waals surface area contributed by atoms with E-state index in [4.69, 9.17) is 5.11 Å². The van der Waals surface area contributed by atoms with Crippen molar-refractivity contribution < 1.29 is 9.90 Å². The number of nitrogens with zero attached hydrogens (tertiary/aromatic N) is 5. The van der Waals surface area contributed by atoms with Gasteiger partial charge in [-0.05, 0) is 11.4 Å². The zero-order valence-electron chi connectivity index (χ0n) is 11.0. The van der Waals surface area contributed by atoms with Gasteiger partial charge in [0, 0.05) is 13.2 Å². The van der Waals surface area contributed by atoms with Crippen molar-refractivity contribution in [3.8, 4) is 16.4 Å². The summed E-state index contributed by atoms with van der Waals surface area (Å²) in [6.07, 6.45) is 3.54. The summed E-state index contributed by atoms with van der Waals surface area (Å²) in [5.74, 6) is -0.271. The highest BCUT2D eigenvalue weighted by atomic mass is 32.2. The first-order valence-corrected chi connectivity index (χ1v) is 7.84. The predicted octanol–water partition coefficient (Wildman–Crippen LogP) is 1.91. The summed E-state index contributed by atoms with van der Waals surface area (Å²) in [7, 11) is 1.82. The monoisotopic (exact) mass is 321 g/mol. The van der Waals surface area contributed by atoms with E-state index in [9.17, 15) is 4.79 Å². The normalized spacial score (nSPS) is 10.9. The van der Waals surface area contributed by atoms with Crippen molar-refractivity contribution in [1.29, 1.82) is 0 Å². The lowest BCUT2D eigenvalue weighted by Crippen LogP contribution is -2.02. The van der Waals surface area contributed by atoms with Gasteiger partial charge in [0.15, 0.2) is 11.0 Å². The number of hydrogen-bond acceptors (Lipinski definition) is 6. The molecular weight excluding hydrogens is 310 g/mol. The third-order valence-electron chi connectivity index (χ3n) is 2.65. The average Bonchev–Trinajstić information content (AvgIpc) is 3.15. The van der Waals surface area contributed by atoms with Crippen molar-refractivity contribution >= 4 is 29.1 Å². The molecule has 0 aliphatic carbocycles. The van der Waals surface area contributed by atoms with Crippen LogP contribution in [-0.4, -0.2) is 41.4 Å². The van der Waals surface area contributed by atoms with Gasteiger partial charge in [-0.25, -0.2) is 0 Å². The molecule has 0 unspecified atom stereocenters. The second-order valence-corrected chi connectivity index (χ2v) is 6.06. The Morgan fingerprint density at radius 2 is 2.33 bits per heavy atom. The number of aliphatic carboxylic acids is 1. The lowest BCUT2D eigenvalue weighted by atomic mass is 10.4. The van der Waals surface area contributed by atoms with Gasteiger partial charge in [0.05, 0.1) is 22.5 Å². The fourth-order valence-corrected chi connectivity index (χ4v) is 3.18. The number of aromatic nitrogens is 5. The van der Waals surface area contributed by atoms with Crippen molar-refractivity contribution in [2.45, 2.75) is 5.16 Å². The summed E-state index contributed by atoms with van der Waals surface area (Å²) in [5.41, 5.74) is 0.804. The van der Waals surface area contributed by atoms with Crippen LogP contribution in [0.15, 0.2) is 35.1 Å². The first-order valence-electron chi connectivity index (χ1n) is 5.98. The molecule has 1 N–H and O–H groups in total. The molecule has 108 valence electrons. The van der Waals surface area contributed by atoms with Crippen LogP contribution in [-0.2, 0) is 11.8 Å². The molecule has 3 aromatic heterocycles. The molecular formula is C12H11N5O2S2. The Hall–Kier alpha value is -2.13. The van der Waals surface area contributed by atoms with Crippen LogP contribution in [0.25, 0.3) is 16.4 Å². The van der Waals surface area contributed by atoms with Crippen LogP contribution in [0.4, 0.5) is 0 Å². The maximum absolute atomic E-state index is 10.8. The van der Waals surface area contributed by atoms with Gasteiger partial charge in [-0.15, -0.1) is 21.5 Å². The van der Waals surface area contributed by atoms with Crippen LogP contribution in [0.3, 0.4) is 0 Å². The van der Waals surface area contributed by atoms with Crippen LogP contribution >= 0.6 is 23.1 Å². The topological polar surface area (TPSA) is 85.8 Å². The molecule has 0 fully saturated rings. The van der Waals surface area contributed by atoms with Crippen molar-refractivity contribution in [3.05, 3.63) is 29.9 Å². The molecule has 0 bridgehead atoms. The van der Waals surface area contributed by atoms with Gasteiger partial charge in [-0.3, -0.25) is 14.0 Å². The maximum Gasteiger partial charge on any atom is 0.313 e. The van der Waals surface area contributed by atoms with Gasteiger partial charge in [0.25, 0.3) is 0 Å². The minimum atomic E-state index is -0.890. The van der Waals surface area contributed by atoms with E-state index in [2.05, 4.69) is 15.3 Å². The van der Waals surface area contributed by atoms with E-state index < -0.39 is 5.97 Å². The number of hydrogen-bond donors (Lipinski definition) is 1. The highest BCUT2D eigenvalue weighted by molar-refractivity contribution is 7.99. The van der Waals surface area contributed by atoms with E-state index in [0.29, 0.717) is 11.0 Å². The van der Waals surface area contributed by atoms with E-state index in [1.54, 1.807) is 22.2 Å². The molecule has 0 atom stereocenters. The number of thiophene rings is 1. The van der Waals surface area contributed by atoms with Gasteiger partial charge in [0.2, 0.25) is 0 Å². The van der Waals surface area contributed by atoms with Gasteiger partial charge in [-0.2, -0.15) is 5.10 Å². The van der Waals surface area contributed by atoms with E-state index in [1.165, 1.54) is 0 Å². The Bertz CT molecular complexity index is 763. The molecule has 3 rings (SSSR count). The maximum atomic E-state index is 10.8. The molecule has 0 saturated heterocycles. The lowest BCUT2D eigenvalue weighted by molar-refractivity contribution is -0.133. The Labute approximate surface area is 128 Å². The molecule has 0 spiro atoms. The molecule has 0 saturated carbocycles. The first kappa shape index (κ1) is 13.8. The Morgan fingerprint density at radius 1 is 1.48 bits per heavy atom. The summed E-state index contributed by atoms with van der Waals surface area (Å²) in [6.45, 7) is 0. The van der Waals surface area contributed by atoms with Gasteiger partial charge in [-0.1, -0.05) is 17.8 Å². The molecule has 0 radical (unpaired) electrons. The van der Waals surface area contributed by atoms with Gasteiger partial charge >= 0.3 is 5.97 Å². The second-order valence-electron chi connectivity index (χ2n) is 4.17. The smallest absolute Gasteiger partial charge is 0.313 e. The molecule has 7 nitrogen and oxygen atoms in total. The van der Waals surface area contributed by atoms with E-state index >= 15 is 0 Å². The average molecular weight is 321 g/mol. The summed E-state index contributed by atoms with van der Waals surface area (Å²) in [4.78, 5) is 11.7. The van der Waals surface area contributed by atoms with E-state index in [0.717, 1.165) is 22.3 Å². The van der Waals surface area contributed by atoms with Crippen LogP contribution in [0.2, 0.25) is 0 Å². The zero-order chi connectivity index (χ0) is 14.8. The molecule has 0 aromatic carbocycles. The summed E-state index contributed by atoms with van der Waals surface area (Å²) >= 11 is 2.69. The highest BCUT2D eigenvalue weighted by Crippen LogP contribution is 2.30. The number of thioether (sulfide) groups is 1. The van der Waals surface area contributed by atoms with Crippen molar-refractivity contribution in [3.63, 3.8) is 0 Å². The van der Waals surface area contributed by atoms with Gasteiger partial charge in [0.1, 0.15) is 0 Å². The van der Waals surface area contributed by atoms with Crippen molar-refractivity contribution in [2.75, 3.05) is 5.75 Å². The minimum absolute atomic E-state index is 0.0666. The molecule has 3 heterocycles. The van der Waals surface area contributed by atoms with Crippen molar-refractivity contribution in [2.24, 2.45) is 7.05 Å². The van der Waals surface area contributed by atoms with E-state index in [1.807, 2.05) is 35.3 Å². The third kappa shape index (κ3) is 2.83. The number of carboxylic acid groups (broad SMARTS) is 1. The molecule has 0 aliphatic rings. The lowest BCUT2D eigenvalue weighted by Gasteiger charge is -2.05. The third-order valence-corrected chi connectivity index (χ3v) is 4.43. The van der Waals surface area contributed by atoms with Crippen LogP contribution in [0.1, 0.15) is 0 Å². The fraction of sp³-hybridized carbons (Fsp3) is 0.167. The minimum Gasteiger partial charge on any atom is -0.481 e. The fourth-order valence-electron chi connectivity index (χ4n) is 1.81. The Kier molecular flexibility index (Phi) is 3.76. The number of carboxylic acids is 1. The summed E-state index contributed by atoms with van der Waals surface area (Å²) in [6, 6.07) is 3.89. The number of rotatable bonds is 5. The summed E-state index contributed by atoms with van der Waals surface area (Å²) in [5, 5.41) is 23.8. The van der Waals surface area contributed by atoms with Gasteiger partial charge < -0.3 is 5.11 Å². The standard InChI is InChI=1S/C12H11N5O2S2/c1-16-6-8(5-13-16)17-11(9-3-2-4-20-9)14-15-12(17)21-7-10(18)19/h2-6H,7H2,1H3,(H,18,19). The van der Waals surface area contributed by atoms with Crippen molar-refractivity contribution in [1.82, 2.24) is 24.5 Å². The molecule has 0 amide bonds. The van der Waals surface area contributed by atoms with Crippen LogP contribution in [0.5, 0.6) is 0 Å². The second kappa shape index (κ2) is 5.70. The molecule has 9 heteroatoms. The van der Waals surface area contributed by atoms with Crippen LogP contribution < -0.4 is 0 Å². The predicted molar refractivity (Wildman–Crippen MR) is 79.8 cm³/mol. The quantitative estimate of drug-likeness (QED) is 0.722. The highest BCUT2D eigenvalue weighted by Gasteiger charge is 2.18. The van der Waals surface area contributed by atoms with Crippen LogP contribution in [0, 0.1) is 0 Å². The Morgan fingerprint density at radius 3 is 2.95 bits per heavy atom. The van der Waals surface area contributed by atoms with E-state index in [-0.39, 0.29) is 5.75 Å². The number of carbonyl (C=O) groups is 1. The Balaban J connectivity index is 2.07. The zero-order valence-corrected chi connectivity index (χ0v) is 12.6. The largest absolute Gasteiger partial charge is 0.481 e. The molecule has 0 aliphatic heterocycles. The number of aryl methyl sites for hydroxylation is 1.